The maximum atomic E-state index is 12.4. The Labute approximate surface area is 236 Å². The van der Waals surface area contributed by atoms with E-state index in [0.29, 0.717) is 24.1 Å². The summed E-state index contributed by atoms with van der Waals surface area (Å²) in [6, 6.07) is 0. The van der Waals surface area contributed by atoms with Crippen molar-refractivity contribution in [1.29, 1.82) is 0 Å². The van der Waals surface area contributed by atoms with Gasteiger partial charge in [0.25, 0.3) is 0 Å². The molecular weight excluding hydrogens is 486 g/mol. The molecule has 0 aromatic carbocycles. The number of halogens is 1. The van der Waals surface area contributed by atoms with E-state index in [-0.39, 0.29) is 30.8 Å². The van der Waals surface area contributed by atoms with Crippen molar-refractivity contribution in [2.24, 2.45) is 0 Å². The number of carbonyl (C=O) groups excluding carboxylic acids is 2. The van der Waals surface area contributed by atoms with E-state index in [9.17, 15) is 9.59 Å². The van der Waals surface area contributed by atoms with Gasteiger partial charge in [-0.15, -0.1) is 0 Å². The van der Waals surface area contributed by atoms with Crippen molar-refractivity contribution in [1.82, 2.24) is 0 Å². The highest BCUT2D eigenvalue weighted by Crippen LogP contribution is 2.14. The molecule has 0 radical (unpaired) electrons. The number of carbonyl (C=O) groups is 2. The number of nitrogens with zero attached hydrogens (tertiary/aromatic N) is 1. The van der Waals surface area contributed by atoms with Crippen molar-refractivity contribution in [2.45, 2.75) is 155 Å². The van der Waals surface area contributed by atoms with Crippen LogP contribution in [-0.2, 0) is 19.1 Å². The maximum Gasteiger partial charge on any atom is 0.309 e. The largest absolute Gasteiger partial charge is 1.00 e. The molecule has 0 saturated heterocycles. The topological polar surface area (TPSA) is 52.6 Å². The molecule has 0 aliphatic rings. The van der Waals surface area contributed by atoms with Gasteiger partial charge in [0.05, 0.1) is 34.2 Å². The predicted octanol–water partition coefficient (Wildman–Crippen LogP) is 5.38. The highest BCUT2D eigenvalue weighted by Gasteiger charge is 2.25. The Kier molecular flexibility index (Phi) is 27.8. The zero-order valence-electron chi connectivity index (χ0n) is 25.3. The lowest BCUT2D eigenvalue weighted by Gasteiger charge is -2.28. The molecule has 1 atom stereocenters. The summed E-state index contributed by atoms with van der Waals surface area (Å²) in [5.74, 6) is -0.431. The van der Waals surface area contributed by atoms with Crippen LogP contribution in [0.5, 0.6) is 0 Å². The van der Waals surface area contributed by atoms with E-state index in [1.807, 2.05) is 0 Å². The molecule has 0 heterocycles. The molecule has 0 aliphatic carbocycles. The number of unbranched alkanes of at least 4 members (excludes halogenated alkanes) is 17. The number of esters is 2. The quantitative estimate of drug-likeness (QED) is 0.0828. The minimum absolute atomic E-state index is 0. The zero-order chi connectivity index (χ0) is 26.9. The molecule has 1 unspecified atom stereocenters. The lowest BCUT2D eigenvalue weighted by atomic mass is 10.1. The first-order valence-electron chi connectivity index (χ1n) is 15.4. The molecule has 222 valence electrons. The van der Waals surface area contributed by atoms with Crippen LogP contribution in [0.4, 0.5) is 0 Å². The van der Waals surface area contributed by atoms with Crippen LogP contribution < -0.4 is 12.4 Å². The molecule has 0 rings (SSSR count). The Morgan fingerprint density at radius 3 is 1.43 bits per heavy atom. The van der Waals surface area contributed by atoms with Crippen LogP contribution in [0.2, 0.25) is 0 Å². The van der Waals surface area contributed by atoms with Gasteiger partial charge in [0.15, 0.2) is 6.10 Å². The highest BCUT2D eigenvalue weighted by molar-refractivity contribution is 5.72. The molecule has 5 nitrogen and oxygen atoms in total. The standard InChI is InChI=1S/C31H62NO4.ClH/c1-6-8-10-12-14-16-18-20-22-24-26-35-31(34)27-29(28-32(3,4)5)36-30(33)25-23-21-19-17-15-13-11-9-7-2;/h29H,6-28H2,1-5H3;1H/q+1;/p-1. The van der Waals surface area contributed by atoms with Crippen molar-refractivity contribution in [3.63, 3.8) is 0 Å². The van der Waals surface area contributed by atoms with Gasteiger partial charge in [0, 0.05) is 6.42 Å². The van der Waals surface area contributed by atoms with Crippen LogP contribution >= 0.6 is 0 Å². The summed E-state index contributed by atoms with van der Waals surface area (Å²) in [4.78, 5) is 24.8. The van der Waals surface area contributed by atoms with Crippen molar-refractivity contribution < 1.29 is 36.0 Å². The summed E-state index contributed by atoms with van der Waals surface area (Å²) in [7, 11) is 6.16. The molecule has 0 fully saturated rings. The van der Waals surface area contributed by atoms with Crippen LogP contribution in [0.25, 0.3) is 0 Å². The second-order valence-corrected chi connectivity index (χ2v) is 11.8. The molecule has 6 heteroatoms. The van der Waals surface area contributed by atoms with Crippen LogP contribution in [0.3, 0.4) is 0 Å². The van der Waals surface area contributed by atoms with E-state index in [1.54, 1.807) is 0 Å². The van der Waals surface area contributed by atoms with Gasteiger partial charge in [-0.25, -0.2) is 0 Å². The second kappa shape index (κ2) is 26.8. The number of likely N-dealkylation sites (N-methyl/N-ethyl adjacent to an activating group) is 1. The van der Waals surface area contributed by atoms with E-state index in [4.69, 9.17) is 9.47 Å². The summed E-state index contributed by atoms with van der Waals surface area (Å²) in [5.41, 5.74) is 0. The smallest absolute Gasteiger partial charge is 0.309 e. The molecule has 0 saturated carbocycles. The molecule has 37 heavy (non-hydrogen) atoms. The van der Waals surface area contributed by atoms with Crippen molar-refractivity contribution in [3.8, 4) is 0 Å². The summed E-state index contributed by atoms with van der Waals surface area (Å²) in [5, 5.41) is 0. The summed E-state index contributed by atoms with van der Waals surface area (Å²) >= 11 is 0. The van der Waals surface area contributed by atoms with Crippen LogP contribution in [-0.4, -0.2) is 56.8 Å². The lowest BCUT2D eigenvalue weighted by molar-refractivity contribution is -0.873. The Bertz CT molecular complexity index is 522. The molecule has 0 aliphatic heterocycles. The fraction of sp³-hybridized carbons (Fsp3) is 0.935. The Morgan fingerprint density at radius 2 is 1.00 bits per heavy atom. The van der Waals surface area contributed by atoms with E-state index in [0.717, 1.165) is 25.7 Å². The third-order valence-electron chi connectivity index (χ3n) is 6.69. The normalized spacial score (nSPS) is 12.1. The third kappa shape index (κ3) is 29.6. The average Bonchev–Trinajstić information content (AvgIpc) is 2.80. The lowest BCUT2D eigenvalue weighted by Crippen LogP contribution is -3.00. The average molecular weight is 548 g/mol. The van der Waals surface area contributed by atoms with E-state index >= 15 is 0 Å². The van der Waals surface area contributed by atoms with Crippen LogP contribution in [0.15, 0.2) is 0 Å². The first-order chi connectivity index (χ1) is 17.3. The second-order valence-electron chi connectivity index (χ2n) is 11.8. The van der Waals surface area contributed by atoms with Crippen molar-refractivity contribution in [3.05, 3.63) is 0 Å². The van der Waals surface area contributed by atoms with E-state index in [2.05, 4.69) is 35.0 Å². The number of ether oxygens (including phenoxy) is 2. The Balaban J connectivity index is 0. The molecule has 0 spiro atoms. The van der Waals surface area contributed by atoms with Gasteiger partial charge in [-0.05, 0) is 12.8 Å². The first-order valence-corrected chi connectivity index (χ1v) is 15.4. The van der Waals surface area contributed by atoms with Gasteiger partial charge >= 0.3 is 11.9 Å². The zero-order valence-corrected chi connectivity index (χ0v) is 26.1. The van der Waals surface area contributed by atoms with Gasteiger partial charge in [0.1, 0.15) is 6.54 Å². The SMILES string of the molecule is CCCCCCCCCCCCOC(=O)CC(C[N+](C)(C)C)OC(=O)CCCCCCCCCCC.[Cl-]. The molecule has 0 aromatic heterocycles. The first kappa shape index (κ1) is 38.3. The number of hydrogen-bond donors (Lipinski definition) is 0. The van der Waals surface area contributed by atoms with Gasteiger partial charge in [0.2, 0.25) is 0 Å². The maximum absolute atomic E-state index is 12.4. The fourth-order valence-electron chi connectivity index (χ4n) is 4.60. The Hall–Kier alpha value is -0.810. The summed E-state index contributed by atoms with van der Waals surface area (Å²) in [6.07, 6.45) is 23.7. The third-order valence-corrected chi connectivity index (χ3v) is 6.69. The summed E-state index contributed by atoms with van der Waals surface area (Å²) < 4.78 is 11.8. The van der Waals surface area contributed by atoms with Gasteiger partial charge < -0.3 is 26.4 Å². The molecule has 0 bridgehead atoms. The van der Waals surface area contributed by atoms with Crippen LogP contribution in [0, 0.1) is 0 Å². The van der Waals surface area contributed by atoms with Crippen molar-refractivity contribution in [2.75, 3.05) is 34.3 Å². The fourth-order valence-corrected chi connectivity index (χ4v) is 4.60. The van der Waals surface area contributed by atoms with E-state index in [1.165, 1.54) is 96.3 Å². The molecule has 0 N–H and O–H groups in total. The van der Waals surface area contributed by atoms with Gasteiger partial charge in [-0.1, -0.05) is 123 Å². The van der Waals surface area contributed by atoms with E-state index < -0.39 is 6.10 Å². The van der Waals surface area contributed by atoms with Crippen LogP contribution in [0.1, 0.15) is 149 Å². The van der Waals surface area contributed by atoms with Gasteiger partial charge in [-0.3, -0.25) is 9.59 Å². The van der Waals surface area contributed by atoms with Gasteiger partial charge in [-0.2, -0.15) is 0 Å². The highest BCUT2D eigenvalue weighted by atomic mass is 35.5. The predicted molar refractivity (Wildman–Crippen MR) is 152 cm³/mol. The molecule has 0 amide bonds. The van der Waals surface area contributed by atoms with Crippen molar-refractivity contribution >= 4 is 11.9 Å². The minimum atomic E-state index is -0.420. The minimum Gasteiger partial charge on any atom is -1.00 e. The number of quaternary nitrogens is 1. The number of hydrogen-bond acceptors (Lipinski definition) is 4. The number of rotatable bonds is 26. The molecular formula is C31H62ClNO4. The molecule has 0 aromatic rings. The monoisotopic (exact) mass is 547 g/mol. The Morgan fingerprint density at radius 1 is 0.595 bits per heavy atom. The summed E-state index contributed by atoms with van der Waals surface area (Å²) in [6.45, 7) is 5.57.